The highest BCUT2D eigenvalue weighted by Crippen LogP contribution is 2.20. The van der Waals surface area contributed by atoms with Gasteiger partial charge in [0, 0.05) is 22.2 Å². The summed E-state index contributed by atoms with van der Waals surface area (Å²) < 4.78 is 0. The zero-order valence-corrected chi connectivity index (χ0v) is 16.7. The van der Waals surface area contributed by atoms with Crippen molar-refractivity contribution in [3.8, 4) is 0 Å². The second-order valence-corrected chi connectivity index (χ2v) is 6.95. The summed E-state index contributed by atoms with van der Waals surface area (Å²) in [6.07, 6.45) is 0. The number of anilines is 1. The van der Waals surface area contributed by atoms with Crippen LogP contribution in [-0.4, -0.2) is 16.9 Å². The Balaban J connectivity index is 0.000000196. The van der Waals surface area contributed by atoms with Crippen LogP contribution in [0.15, 0.2) is 97.1 Å². The highest BCUT2D eigenvalue weighted by Gasteiger charge is 2.16. The van der Waals surface area contributed by atoms with Crippen molar-refractivity contribution < 1.29 is 14.7 Å². The molecule has 1 atom stereocenters. The molecule has 0 saturated carbocycles. The summed E-state index contributed by atoms with van der Waals surface area (Å²) in [6, 6.07) is 29.8. The number of carboxylic acid groups (broad SMARTS) is 1. The van der Waals surface area contributed by atoms with E-state index in [1.807, 2.05) is 36.4 Å². The standard InChI is InChI=1S/C16H14O3.C10H9N/c1-11(16(18)19)13-8-5-9-14(10-13)15(17)12-6-3-2-4-7-12;11-10-7-3-5-8-4-1-2-6-9(8)10/h2-11H,1H3,(H,18,19);1-7H,11H2. The first-order chi connectivity index (χ1) is 14.5. The number of carboxylic acids is 1. The molecule has 0 fully saturated rings. The molecular formula is C26H23NO3. The first-order valence-corrected chi connectivity index (χ1v) is 9.63. The molecule has 30 heavy (non-hydrogen) atoms. The van der Waals surface area contributed by atoms with Gasteiger partial charge < -0.3 is 10.8 Å². The van der Waals surface area contributed by atoms with Crippen LogP contribution in [0.5, 0.6) is 0 Å². The minimum atomic E-state index is -0.899. The van der Waals surface area contributed by atoms with E-state index in [1.54, 1.807) is 55.5 Å². The average molecular weight is 397 g/mol. The van der Waals surface area contributed by atoms with E-state index in [1.165, 1.54) is 5.39 Å². The van der Waals surface area contributed by atoms with Crippen LogP contribution in [0.25, 0.3) is 10.8 Å². The molecule has 0 saturated heterocycles. The van der Waals surface area contributed by atoms with Gasteiger partial charge in [0.15, 0.2) is 5.78 Å². The van der Waals surface area contributed by atoms with Gasteiger partial charge in [-0.1, -0.05) is 84.9 Å². The zero-order valence-electron chi connectivity index (χ0n) is 16.7. The third-order valence-corrected chi connectivity index (χ3v) is 4.88. The van der Waals surface area contributed by atoms with E-state index < -0.39 is 11.9 Å². The number of benzene rings is 4. The molecule has 0 radical (unpaired) electrons. The molecule has 0 bridgehead atoms. The second kappa shape index (κ2) is 9.52. The lowest BCUT2D eigenvalue weighted by atomic mass is 9.96. The summed E-state index contributed by atoms with van der Waals surface area (Å²) in [6.45, 7) is 1.61. The smallest absolute Gasteiger partial charge is 0.310 e. The Hall–Kier alpha value is -3.92. The molecule has 0 spiro atoms. The number of carbonyl (C=O) groups excluding carboxylic acids is 1. The van der Waals surface area contributed by atoms with Gasteiger partial charge in [-0.3, -0.25) is 9.59 Å². The molecule has 4 nitrogen and oxygen atoms in total. The molecule has 150 valence electrons. The van der Waals surface area contributed by atoms with Crippen LogP contribution in [-0.2, 0) is 4.79 Å². The van der Waals surface area contributed by atoms with Gasteiger partial charge >= 0.3 is 5.97 Å². The van der Waals surface area contributed by atoms with E-state index in [0.29, 0.717) is 16.7 Å². The van der Waals surface area contributed by atoms with Crippen LogP contribution in [0.2, 0.25) is 0 Å². The van der Waals surface area contributed by atoms with E-state index in [0.717, 1.165) is 11.1 Å². The summed E-state index contributed by atoms with van der Waals surface area (Å²) in [4.78, 5) is 23.2. The Bertz CT molecular complexity index is 1160. The fourth-order valence-corrected chi connectivity index (χ4v) is 3.10. The third-order valence-electron chi connectivity index (χ3n) is 4.88. The quantitative estimate of drug-likeness (QED) is 0.351. The molecule has 1 unspecified atom stereocenters. The fraction of sp³-hybridized carbons (Fsp3) is 0.0769. The summed E-state index contributed by atoms with van der Waals surface area (Å²) in [5.41, 5.74) is 8.35. The number of ketones is 1. The lowest BCUT2D eigenvalue weighted by Crippen LogP contribution is -2.09. The molecule has 4 rings (SSSR count). The van der Waals surface area contributed by atoms with Crippen LogP contribution in [0.4, 0.5) is 5.69 Å². The molecular weight excluding hydrogens is 374 g/mol. The first kappa shape index (κ1) is 20.8. The van der Waals surface area contributed by atoms with Gasteiger partial charge in [0.2, 0.25) is 0 Å². The SMILES string of the molecule is CC(C(=O)O)c1cccc(C(=O)c2ccccc2)c1.Nc1cccc2ccccc12. The number of aliphatic carboxylic acids is 1. The Morgan fingerprint density at radius 2 is 1.37 bits per heavy atom. The molecule has 0 aliphatic rings. The number of nitrogens with two attached hydrogens (primary N) is 1. The maximum absolute atomic E-state index is 12.2. The van der Waals surface area contributed by atoms with Crippen molar-refractivity contribution in [1.82, 2.24) is 0 Å². The molecule has 0 aliphatic carbocycles. The minimum absolute atomic E-state index is 0.0972. The van der Waals surface area contributed by atoms with Crippen molar-refractivity contribution >= 4 is 28.2 Å². The summed E-state index contributed by atoms with van der Waals surface area (Å²) in [5, 5.41) is 11.3. The van der Waals surface area contributed by atoms with Crippen LogP contribution in [0.1, 0.15) is 34.3 Å². The van der Waals surface area contributed by atoms with Crippen molar-refractivity contribution in [3.63, 3.8) is 0 Å². The van der Waals surface area contributed by atoms with Crippen molar-refractivity contribution in [1.29, 1.82) is 0 Å². The van der Waals surface area contributed by atoms with Crippen molar-refractivity contribution in [3.05, 3.63) is 114 Å². The summed E-state index contributed by atoms with van der Waals surface area (Å²) in [5.74, 6) is -1.62. The molecule has 0 aromatic heterocycles. The first-order valence-electron chi connectivity index (χ1n) is 9.63. The number of carbonyl (C=O) groups is 2. The number of hydrogen-bond acceptors (Lipinski definition) is 3. The molecule has 0 heterocycles. The predicted molar refractivity (Wildman–Crippen MR) is 121 cm³/mol. The Kier molecular flexibility index (Phi) is 6.60. The van der Waals surface area contributed by atoms with Crippen molar-refractivity contribution in [2.24, 2.45) is 0 Å². The van der Waals surface area contributed by atoms with Gasteiger partial charge in [-0.2, -0.15) is 0 Å². The van der Waals surface area contributed by atoms with E-state index in [-0.39, 0.29) is 5.78 Å². The summed E-state index contributed by atoms with van der Waals surface area (Å²) >= 11 is 0. The lowest BCUT2D eigenvalue weighted by molar-refractivity contribution is -0.138. The van der Waals surface area contributed by atoms with E-state index in [4.69, 9.17) is 10.8 Å². The minimum Gasteiger partial charge on any atom is -0.481 e. The predicted octanol–water partition coefficient (Wildman–Crippen LogP) is 5.53. The van der Waals surface area contributed by atoms with Crippen LogP contribution in [0, 0.1) is 0 Å². The van der Waals surface area contributed by atoms with Crippen LogP contribution >= 0.6 is 0 Å². The second-order valence-electron chi connectivity index (χ2n) is 6.95. The normalized spacial score (nSPS) is 11.2. The van der Waals surface area contributed by atoms with Crippen molar-refractivity contribution in [2.45, 2.75) is 12.8 Å². The number of hydrogen-bond donors (Lipinski definition) is 2. The van der Waals surface area contributed by atoms with Gasteiger partial charge in [0.05, 0.1) is 5.92 Å². The monoisotopic (exact) mass is 397 g/mol. The van der Waals surface area contributed by atoms with Crippen molar-refractivity contribution in [2.75, 3.05) is 5.73 Å². The number of rotatable bonds is 4. The van der Waals surface area contributed by atoms with Crippen LogP contribution < -0.4 is 5.73 Å². The molecule has 0 aliphatic heterocycles. The lowest BCUT2D eigenvalue weighted by Gasteiger charge is -2.08. The Labute approximate surface area is 175 Å². The van der Waals surface area contributed by atoms with E-state index >= 15 is 0 Å². The van der Waals surface area contributed by atoms with Gasteiger partial charge in [-0.05, 0) is 30.0 Å². The maximum atomic E-state index is 12.2. The average Bonchev–Trinajstić information content (AvgIpc) is 2.79. The van der Waals surface area contributed by atoms with Gasteiger partial charge in [0.25, 0.3) is 0 Å². The highest BCUT2D eigenvalue weighted by atomic mass is 16.4. The molecule has 0 amide bonds. The maximum Gasteiger partial charge on any atom is 0.310 e. The topological polar surface area (TPSA) is 80.4 Å². The van der Waals surface area contributed by atoms with Gasteiger partial charge in [-0.25, -0.2) is 0 Å². The molecule has 4 aromatic rings. The number of fused-ring (bicyclic) bond motifs is 1. The van der Waals surface area contributed by atoms with E-state index in [9.17, 15) is 9.59 Å². The highest BCUT2D eigenvalue weighted by molar-refractivity contribution is 6.09. The Morgan fingerprint density at radius 1 is 0.767 bits per heavy atom. The summed E-state index contributed by atoms with van der Waals surface area (Å²) in [7, 11) is 0. The largest absolute Gasteiger partial charge is 0.481 e. The molecule has 3 N–H and O–H groups in total. The zero-order chi connectivity index (χ0) is 21.5. The Morgan fingerprint density at radius 3 is 2.07 bits per heavy atom. The molecule has 4 heteroatoms. The van der Waals surface area contributed by atoms with Gasteiger partial charge in [0.1, 0.15) is 0 Å². The number of nitrogen functional groups attached to an aromatic ring is 1. The van der Waals surface area contributed by atoms with Gasteiger partial charge in [-0.15, -0.1) is 0 Å². The third kappa shape index (κ3) is 4.92. The van der Waals surface area contributed by atoms with Crippen LogP contribution in [0.3, 0.4) is 0 Å². The molecule has 4 aromatic carbocycles. The fourth-order valence-electron chi connectivity index (χ4n) is 3.10. The van der Waals surface area contributed by atoms with E-state index in [2.05, 4.69) is 12.1 Å².